The van der Waals surface area contributed by atoms with E-state index in [4.69, 9.17) is 11.6 Å². The van der Waals surface area contributed by atoms with Gasteiger partial charge in [-0.25, -0.2) is 4.98 Å². The maximum absolute atomic E-state index is 13.3. The van der Waals surface area contributed by atoms with Crippen molar-refractivity contribution in [3.63, 3.8) is 0 Å². The molecule has 3 heterocycles. The average molecular weight is 441 g/mol. The van der Waals surface area contributed by atoms with Crippen LogP contribution in [0.2, 0.25) is 5.02 Å². The van der Waals surface area contributed by atoms with Gasteiger partial charge in [0, 0.05) is 39.4 Å². The van der Waals surface area contributed by atoms with E-state index in [2.05, 4.69) is 9.88 Å². The zero-order valence-electron chi connectivity index (χ0n) is 16.5. The van der Waals surface area contributed by atoms with Gasteiger partial charge in [-0.1, -0.05) is 29.8 Å². The van der Waals surface area contributed by atoms with Gasteiger partial charge in [0.2, 0.25) is 0 Å². The number of carbonyl (C=O) groups excluding carboxylic acids is 2. The van der Waals surface area contributed by atoms with Gasteiger partial charge >= 0.3 is 0 Å². The minimum Gasteiger partial charge on any atom is -0.353 e. The minimum absolute atomic E-state index is 0.0693. The van der Waals surface area contributed by atoms with Gasteiger partial charge in [0.05, 0.1) is 21.2 Å². The van der Waals surface area contributed by atoms with Crippen molar-refractivity contribution in [3.05, 3.63) is 75.6 Å². The molecule has 1 saturated heterocycles. The summed E-state index contributed by atoms with van der Waals surface area (Å²) in [6.07, 6.45) is 1.63. The van der Waals surface area contributed by atoms with Crippen molar-refractivity contribution in [1.82, 2.24) is 9.88 Å². The number of nitrogens with zero attached hydrogens (tertiary/aromatic N) is 4. The molecule has 0 aliphatic carbocycles. The predicted octanol–water partition coefficient (Wildman–Crippen LogP) is 4.04. The summed E-state index contributed by atoms with van der Waals surface area (Å²) in [7, 11) is 1.71. The van der Waals surface area contributed by atoms with E-state index in [1.807, 2.05) is 46.7 Å². The molecule has 154 valence electrons. The van der Waals surface area contributed by atoms with E-state index in [9.17, 15) is 9.59 Å². The zero-order chi connectivity index (χ0) is 21.1. The quantitative estimate of drug-likeness (QED) is 0.614. The number of hydrogen-bond donors (Lipinski definition) is 0. The van der Waals surface area contributed by atoms with Gasteiger partial charge < -0.3 is 14.7 Å². The molecule has 8 heteroatoms. The normalized spacial score (nSPS) is 13.9. The third-order valence-corrected chi connectivity index (χ3v) is 6.22. The Morgan fingerprint density at radius 1 is 1.03 bits per heavy atom. The number of halogens is 1. The van der Waals surface area contributed by atoms with Crippen LogP contribution < -0.4 is 9.80 Å². The Morgan fingerprint density at radius 3 is 2.47 bits per heavy atom. The lowest BCUT2D eigenvalue weighted by Crippen LogP contribution is -2.49. The van der Waals surface area contributed by atoms with Crippen LogP contribution in [0.4, 0.5) is 11.5 Å². The number of carbonyl (C=O) groups is 2. The van der Waals surface area contributed by atoms with Crippen LogP contribution in [0.15, 0.2) is 60.1 Å². The first-order valence-corrected chi connectivity index (χ1v) is 10.9. The van der Waals surface area contributed by atoms with E-state index >= 15 is 0 Å². The fourth-order valence-electron chi connectivity index (χ4n) is 3.49. The van der Waals surface area contributed by atoms with Crippen molar-refractivity contribution >= 4 is 46.3 Å². The topological polar surface area (TPSA) is 56.8 Å². The highest BCUT2D eigenvalue weighted by Crippen LogP contribution is 2.25. The van der Waals surface area contributed by atoms with Gasteiger partial charge in [-0.2, -0.15) is 0 Å². The summed E-state index contributed by atoms with van der Waals surface area (Å²) in [6.45, 7) is 2.54. The van der Waals surface area contributed by atoms with Crippen molar-refractivity contribution in [2.75, 3.05) is 43.0 Å². The van der Waals surface area contributed by atoms with Crippen LogP contribution in [0.25, 0.3) is 0 Å². The molecule has 1 fully saturated rings. The SMILES string of the molecule is CN(C(=O)c1cccs1)c1ccccc1C(=O)N1CCN(c2ccc(Cl)cn2)CC1. The van der Waals surface area contributed by atoms with Crippen molar-refractivity contribution in [2.24, 2.45) is 0 Å². The Kier molecular flexibility index (Phi) is 6.01. The van der Waals surface area contributed by atoms with Crippen molar-refractivity contribution < 1.29 is 9.59 Å². The molecule has 1 aliphatic heterocycles. The number of amides is 2. The summed E-state index contributed by atoms with van der Waals surface area (Å²) in [5.74, 6) is 0.664. The smallest absolute Gasteiger partial charge is 0.268 e. The number of pyridine rings is 1. The fourth-order valence-corrected chi connectivity index (χ4v) is 4.30. The second kappa shape index (κ2) is 8.85. The highest BCUT2D eigenvalue weighted by atomic mass is 35.5. The standard InChI is InChI=1S/C22H21ClN4O2S/c1-25(22(29)19-7-4-14-30-19)18-6-3-2-5-17(18)21(28)27-12-10-26(11-13-27)20-9-8-16(23)15-24-20/h2-9,14-15H,10-13H2,1H3. The van der Waals surface area contributed by atoms with Crippen LogP contribution in [-0.2, 0) is 0 Å². The zero-order valence-corrected chi connectivity index (χ0v) is 18.1. The van der Waals surface area contributed by atoms with Crippen LogP contribution in [0.3, 0.4) is 0 Å². The number of para-hydroxylation sites is 1. The van der Waals surface area contributed by atoms with Gasteiger partial charge in [-0.15, -0.1) is 11.3 Å². The van der Waals surface area contributed by atoms with Gasteiger partial charge in [0.1, 0.15) is 5.82 Å². The number of anilines is 2. The van der Waals surface area contributed by atoms with Crippen LogP contribution in [0.5, 0.6) is 0 Å². The molecule has 0 saturated carbocycles. The van der Waals surface area contributed by atoms with Gasteiger partial charge in [-0.05, 0) is 35.7 Å². The summed E-state index contributed by atoms with van der Waals surface area (Å²) in [4.78, 5) is 36.5. The Balaban J connectivity index is 1.48. The number of piperazine rings is 1. The lowest BCUT2D eigenvalue weighted by molar-refractivity contribution is 0.0747. The molecule has 0 radical (unpaired) electrons. The molecule has 0 atom stereocenters. The van der Waals surface area contributed by atoms with E-state index in [0.29, 0.717) is 47.3 Å². The molecule has 6 nitrogen and oxygen atoms in total. The van der Waals surface area contributed by atoms with E-state index < -0.39 is 0 Å². The lowest BCUT2D eigenvalue weighted by Gasteiger charge is -2.36. The monoisotopic (exact) mass is 440 g/mol. The van der Waals surface area contributed by atoms with Crippen LogP contribution in [-0.4, -0.2) is 54.9 Å². The number of thiophene rings is 1. The first-order chi connectivity index (χ1) is 14.5. The Bertz CT molecular complexity index is 1030. The summed E-state index contributed by atoms with van der Waals surface area (Å²) >= 11 is 7.31. The average Bonchev–Trinajstić information content (AvgIpc) is 3.33. The first-order valence-electron chi connectivity index (χ1n) is 9.61. The van der Waals surface area contributed by atoms with Crippen LogP contribution in [0.1, 0.15) is 20.0 Å². The number of benzene rings is 1. The number of rotatable bonds is 4. The third kappa shape index (κ3) is 4.17. The van der Waals surface area contributed by atoms with Crippen molar-refractivity contribution in [3.8, 4) is 0 Å². The Labute approximate surface area is 184 Å². The molecule has 0 unspecified atom stereocenters. The molecule has 2 aromatic heterocycles. The molecule has 0 bridgehead atoms. The highest BCUT2D eigenvalue weighted by molar-refractivity contribution is 7.12. The fraction of sp³-hybridized carbons (Fsp3) is 0.227. The predicted molar refractivity (Wildman–Crippen MR) is 121 cm³/mol. The molecule has 4 rings (SSSR count). The Hall–Kier alpha value is -2.90. The van der Waals surface area contributed by atoms with E-state index in [0.717, 1.165) is 5.82 Å². The minimum atomic E-state index is -0.121. The lowest BCUT2D eigenvalue weighted by atomic mass is 10.1. The molecule has 3 aromatic rings. The summed E-state index contributed by atoms with van der Waals surface area (Å²) in [6, 6.07) is 14.6. The molecule has 1 aliphatic rings. The number of aromatic nitrogens is 1. The summed E-state index contributed by atoms with van der Waals surface area (Å²) in [5, 5.41) is 2.47. The third-order valence-electron chi connectivity index (χ3n) is 5.14. The molecule has 2 amide bonds. The van der Waals surface area contributed by atoms with Gasteiger partial charge in [-0.3, -0.25) is 9.59 Å². The molecule has 30 heavy (non-hydrogen) atoms. The molecule has 1 aromatic carbocycles. The van der Waals surface area contributed by atoms with Crippen LogP contribution >= 0.6 is 22.9 Å². The maximum Gasteiger partial charge on any atom is 0.268 e. The Morgan fingerprint density at radius 2 is 1.80 bits per heavy atom. The number of hydrogen-bond acceptors (Lipinski definition) is 5. The second-order valence-electron chi connectivity index (χ2n) is 6.97. The molecular formula is C22H21ClN4O2S. The molecule has 0 spiro atoms. The van der Waals surface area contributed by atoms with Gasteiger partial charge in [0.15, 0.2) is 0 Å². The molecular weight excluding hydrogens is 420 g/mol. The van der Waals surface area contributed by atoms with Crippen molar-refractivity contribution in [2.45, 2.75) is 0 Å². The van der Waals surface area contributed by atoms with E-state index in [1.54, 1.807) is 30.3 Å². The largest absolute Gasteiger partial charge is 0.353 e. The molecule has 0 N–H and O–H groups in total. The second-order valence-corrected chi connectivity index (χ2v) is 8.36. The first kappa shape index (κ1) is 20.4. The summed E-state index contributed by atoms with van der Waals surface area (Å²) < 4.78 is 0. The maximum atomic E-state index is 13.3. The van der Waals surface area contributed by atoms with Crippen LogP contribution in [0, 0.1) is 0 Å². The van der Waals surface area contributed by atoms with Crippen molar-refractivity contribution in [1.29, 1.82) is 0 Å². The van der Waals surface area contributed by atoms with Gasteiger partial charge in [0.25, 0.3) is 11.8 Å². The summed E-state index contributed by atoms with van der Waals surface area (Å²) in [5.41, 5.74) is 1.14. The van der Waals surface area contributed by atoms with E-state index in [1.165, 1.54) is 11.3 Å². The van der Waals surface area contributed by atoms with E-state index in [-0.39, 0.29) is 11.8 Å². The highest BCUT2D eigenvalue weighted by Gasteiger charge is 2.26.